The molecule has 14 heavy (non-hydrogen) atoms. The van der Waals surface area contributed by atoms with Crippen LogP contribution in [0.3, 0.4) is 0 Å². The largest absolute Gasteiger partial charge is 0.479 e. The van der Waals surface area contributed by atoms with Crippen molar-refractivity contribution in [1.82, 2.24) is 9.19 Å². The lowest BCUT2D eigenvalue weighted by Gasteiger charge is -2.17. The fourth-order valence-corrected chi connectivity index (χ4v) is 1.77. The van der Waals surface area contributed by atoms with Crippen molar-refractivity contribution in [2.45, 2.75) is 13.8 Å². The zero-order valence-electron chi connectivity index (χ0n) is 8.06. The first-order valence-electron chi connectivity index (χ1n) is 4.04. The van der Waals surface area contributed by atoms with Gasteiger partial charge in [0.15, 0.2) is 6.61 Å². The average molecular weight is 226 g/mol. The highest BCUT2D eigenvalue weighted by Gasteiger charge is 2.18. The summed E-state index contributed by atoms with van der Waals surface area (Å²) in [5.41, 5.74) is 0. The van der Waals surface area contributed by atoms with Crippen LogP contribution >= 0.6 is 0 Å². The second kappa shape index (κ2) is 5.91. The van der Waals surface area contributed by atoms with Crippen LogP contribution in [0.5, 0.6) is 0 Å². The van der Waals surface area contributed by atoms with Crippen LogP contribution in [0.4, 0.5) is 0 Å². The maximum atomic E-state index is 11.3. The van der Waals surface area contributed by atoms with Gasteiger partial charge in [0.25, 0.3) is 0 Å². The number of nitrogens with one attached hydrogen (secondary N) is 1. The Hall–Kier alpha value is -0.700. The zero-order valence-corrected chi connectivity index (χ0v) is 8.87. The predicted octanol–water partition coefficient (Wildman–Crippen LogP) is -0.821. The highest BCUT2D eigenvalue weighted by molar-refractivity contribution is 7.87. The van der Waals surface area contributed by atoms with Crippen LogP contribution in [0.15, 0.2) is 0 Å². The highest BCUT2D eigenvalue weighted by Crippen LogP contribution is 1.95. The zero-order chi connectivity index (χ0) is 11.2. The molecule has 0 aromatic rings. The Kier molecular flexibility index (Phi) is 5.62. The first-order valence-corrected chi connectivity index (χ1v) is 5.48. The Morgan fingerprint density at radius 3 is 2.29 bits per heavy atom. The minimum atomic E-state index is -3.72. The molecule has 0 fully saturated rings. The molecule has 0 aromatic heterocycles. The molecule has 0 rings (SSSR count). The van der Waals surface area contributed by atoms with Crippen molar-refractivity contribution in [1.29, 1.82) is 0 Å². The first kappa shape index (κ1) is 13.3. The van der Waals surface area contributed by atoms with Gasteiger partial charge in [-0.05, 0) is 0 Å². The van der Waals surface area contributed by atoms with Crippen LogP contribution < -0.4 is 4.89 Å². The van der Waals surface area contributed by atoms with Gasteiger partial charge < -0.3 is 5.11 Å². The quantitative estimate of drug-likeness (QED) is 0.553. The number of carboxylic acids is 1. The third-order valence-corrected chi connectivity index (χ3v) is 2.93. The molecule has 0 saturated heterocycles. The Balaban J connectivity index is 4.13. The van der Waals surface area contributed by atoms with Crippen molar-refractivity contribution >= 4 is 16.2 Å². The van der Waals surface area contributed by atoms with E-state index in [0.29, 0.717) is 13.1 Å². The molecule has 84 valence electrons. The Morgan fingerprint density at radius 2 is 1.93 bits per heavy atom. The van der Waals surface area contributed by atoms with Gasteiger partial charge in [-0.3, -0.25) is 4.84 Å². The van der Waals surface area contributed by atoms with E-state index >= 15 is 0 Å². The molecule has 8 heteroatoms. The summed E-state index contributed by atoms with van der Waals surface area (Å²) in [7, 11) is -3.72. The van der Waals surface area contributed by atoms with Crippen LogP contribution in [-0.2, 0) is 19.8 Å². The Labute approximate surface area is 82.8 Å². The lowest BCUT2D eigenvalue weighted by Crippen LogP contribution is -2.41. The number of nitrogens with zero attached hydrogens (tertiary/aromatic N) is 1. The predicted molar refractivity (Wildman–Crippen MR) is 48.6 cm³/mol. The normalized spacial score (nSPS) is 11.9. The van der Waals surface area contributed by atoms with E-state index in [1.54, 1.807) is 18.7 Å². The van der Waals surface area contributed by atoms with Crippen LogP contribution in [0.25, 0.3) is 0 Å². The number of hydrogen-bond donors (Lipinski definition) is 2. The molecular weight excluding hydrogens is 212 g/mol. The summed E-state index contributed by atoms with van der Waals surface area (Å²) < 4.78 is 23.6. The number of aliphatic carboxylic acids is 1. The lowest BCUT2D eigenvalue weighted by atomic mass is 10.7. The van der Waals surface area contributed by atoms with Gasteiger partial charge in [-0.1, -0.05) is 18.7 Å². The molecule has 0 unspecified atom stereocenters. The van der Waals surface area contributed by atoms with E-state index in [1.807, 2.05) is 0 Å². The Morgan fingerprint density at radius 1 is 1.43 bits per heavy atom. The van der Waals surface area contributed by atoms with Gasteiger partial charge in [-0.2, -0.15) is 12.7 Å². The molecule has 0 heterocycles. The maximum absolute atomic E-state index is 11.3. The van der Waals surface area contributed by atoms with E-state index in [-0.39, 0.29) is 0 Å². The topological polar surface area (TPSA) is 95.9 Å². The number of rotatable bonds is 7. The highest BCUT2D eigenvalue weighted by atomic mass is 32.2. The van der Waals surface area contributed by atoms with Gasteiger partial charge in [-0.25, -0.2) is 4.79 Å². The molecule has 0 amide bonds. The SMILES string of the molecule is CCN(CC)S(=O)(=O)NOCC(=O)O. The molecule has 0 aromatic carbocycles. The van der Waals surface area contributed by atoms with E-state index in [2.05, 4.69) is 4.84 Å². The molecule has 0 aliphatic heterocycles. The fourth-order valence-electron chi connectivity index (χ4n) is 0.782. The molecule has 0 saturated carbocycles. The summed E-state index contributed by atoms with van der Waals surface area (Å²) >= 11 is 0. The van der Waals surface area contributed by atoms with Crippen molar-refractivity contribution in [3.8, 4) is 0 Å². The van der Waals surface area contributed by atoms with Crippen LogP contribution in [0.2, 0.25) is 0 Å². The molecule has 0 spiro atoms. The molecule has 7 nitrogen and oxygen atoms in total. The summed E-state index contributed by atoms with van der Waals surface area (Å²) in [6.45, 7) is 3.21. The summed E-state index contributed by atoms with van der Waals surface area (Å²) in [4.78, 5) is 16.0. The van der Waals surface area contributed by atoms with Crippen LogP contribution in [-0.4, -0.2) is 43.5 Å². The van der Waals surface area contributed by atoms with Gasteiger partial charge in [0.05, 0.1) is 0 Å². The van der Waals surface area contributed by atoms with Crippen molar-refractivity contribution in [3.63, 3.8) is 0 Å². The van der Waals surface area contributed by atoms with E-state index < -0.39 is 22.8 Å². The van der Waals surface area contributed by atoms with Gasteiger partial charge in [-0.15, -0.1) is 0 Å². The third-order valence-electron chi connectivity index (χ3n) is 1.41. The number of hydrogen-bond acceptors (Lipinski definition) is 4. The summed E-state index contributed by atoms with van der Waals surface area (Å²) in [5.74, 6) is -1.24. The van der Waals surface area contributed by atoms with Crippen molar-refractivity contribution in [2.75, 3.05) is 19.7 Å². The summed E-state index contributed by atoms with van der Waals surface area (Å²) in [6.07, 6.45) is 0. The van der Waals surface area contributed by atoms with E-state index in [1.165, 1.54) is 0 Å². The smallest absolute Gasteiger partial charge is 0.331 e. The average Bonchev–Trinajstić information content (AvgIpc) is 2.04. The van der Waals surface area contributed by atoms with E-state index in [4.69, 9.17) is 5.11 Å². The molecular formula is C6H14N2O5S. The monoisotopic (exact) mass is 226 g/mol. The van der Waals surface area contributed by atoms with Crippen molar-refractivity contribution in [2.24, 2.45) is 0 Å². The standard InChI is InChI=1S/C6H14N2O5S/c1-3-8(4-2)14(11,12)7-13-5-6(9)10/h7H,3-5H2,1-2H3,(H,9,10). The Bertz CT molecular complexity index is 272. The van der Waals surface area contributed by atoms with Crippen molar-refractivity contribution < 1.29 is 23.2 Å². The summed E-state index contributed by atoms with van der Waals surface area (Å²) in [5, 5.41) is 8.19. The minimum absolute atomic E-state index is 0.294. The van der Waals surface area contributed by atoms with Crippen molar-refractivity contribution in [3.05, 3.63) is 0 Å². The lowest BCUT2D eigenvalue weighted by molar-refractivity contribution is -0.143. The van der Waals surface area contributed by atoms with Gasteiger partial charge in [0.1, 0.15) is 0 Å². The van der Waals surface area contributed by atoms with Gasteiger partial charge in [0.2, 0.25) is 0 Å². The molecule has 2 N–H and O–H groups in total. The van der Waals surface area contributed by atoms with Gasteiger partial charge >= 0.3 is 16.2 Å². The van der Waals surface area contributed by atoms with E-state index in [0.717, 1.165) is 4.31 Å². The molecule has 0 bridgehead atoms. The van der Waals surface area contributed by atoms with Crippen LogP contribution in [0.1, 0.15) is 13.8 Å². The number of carbonyl (C=O) groups is 1. The maximum Gasteiger partial charge on any atom is 0.331 e. The minimum Gasteiger partial charge on any atom is -0.479 e. The molecule has 0 aliphatic carbocycles. The molecule has 0 atom stereocenters. The van der Waals surface area contributed by atoms with Crippen LogP contribution in [0, 0.1) is 0 Å². The molecule has 0 radical (unpaired) electrons. The second-order valence-electron chi connectivity index (χ2n) is 2.36. The molecule has 0 aliphatic rings. The first-order chi connectivity index (χ1) is 6.44. The summed E-state index contributed by atoms with van der Waals surface area (Å²) in [6, 6.07) is 0. The fraction of sp³-hybridized carbons (Fsp3) is 0.833. The third kappa shape index (κ3) is 4.51. The van der Waals surface area contributed by atoms with E-state index in [9.17, 15) is 13.2 Å². The van der Waals surface area contributed by atoms with Gasteiger partial charge in [0, 0.05) is 13.1 Å². The second-order valence-corrected chi connectivity index (χ2v) is 3.99. The number of carboxylic acid groups (broad SMARTS) is 1.